The summed E-state index contributed by atoms with van der Waals surface area (Å²) in [6, 6.07) is 0. The fourth-order valence-corrected chi connectivity index (χ4v) is 1.14. The summed E-state index contributed by atoms with van der Waals surface area (Å²) in [6.07, 6.45) is 5.45. The van der Waals surface area contributed by atoms with Crippen molar-refractivity contribution in [1.82, 2.24) is 10.4 Å². The number of nitrogens with one attached hydrogen (secondary N) is 1. The lowest BCUT2D eigenvalue weighted by molar-refractivity contribution is -0.113. The first-order valence-electron chi connectivity index (χ1n) is 4.79. The molecule has 0 aromatic heterocycles. The Morgan fingerprint density at radius 1 is 1.17 bits per heavy atom. The molecule has 1 amide bonds. The third-order valence-corrected chi connectivity index (χ3v) is 1.76. The van der Waals surface area contributed by atoms with E-state index in [0.717, 1.165) is 32.3 Å². The Morgan fingerprint density at radius 2 is 1.92 bits per heavy atom. The molecular weight excluding hydrogens is 152 g/mol. The van der Waals surface area contributed by atoms with Crippen LogP contribution in [0.4, 0.5) is 0 Å². The molecule has 0 saturated carbocycles. The summed E-state index contributed by atoms with van der Waals surface area (Å²) in [5.41, 5.74) is 2.70. The fraction of sp³-hybridized carbons (Fsp3) is 0.889. The standard InChI is InChI=1S/C9H20N2O/c1-3-5-6-8-11(7-4-2)10-9-12/h9H,3-8H2,1-2H3,(H,10,12). The molecule has 0 atom stereocenters. The van der Waals surface area contributed by atoms with Gasteiger partial charge in [0.1, 0.15) is 0 Å². The third-order valence-electron chi connectivity index (χ3n) is 1.76. The van der Waals surface area contributed by atoms with Crippen LogP contribution in [0.3, 0.4) is 0 Å². The number of hydrazine groups is 1. The van der Waals surface area contributed by atoms with Crippen LogP contribution in [-0.2, 0) is 4.79 Å². The molecule has 0 spiro atoms. The zero-order valence-corrected chi connectivity index (χ0v) is 8.18. The molecule has 0 bridgehead atoms. The predicted molar refractivity (Wildman–Crippen MR) is 50.6 cm³/mol. The maximum atomic E-state index is 10.2. The smallest absolute Gasteiger partial charge is 0.221 e. The summed E-state index contributed by atoms with van der Waals surface area (Å²) in [7, 11) is 0. The Bertz CT molecular complexity index is 107. The van der Waals surface area contributed by atoms with Crippen LogP contribution < -0.4 is 5.43 Å². The molecule has 0 aliphatic heterocycles. The van der Waals surface area contributed by atoms with Gasteiger partial charge in [0.2, 0.25) is 6.41 Å². The minimum absolute atomic E-state index is 0.752. The number of hydrogen-bond donors (Lipinski definition) is 1. The quantitative estimate of drug-likeness (QED) is 0.342. The van der Waals surface area contributed by atoms with Crippen LogP contribution in [0.15, 0.2) is 0 Å². The van der Waals surface area contributed by atoms with Crippen molar-refractivity contribution in [3.63, 3.8) is 0 Å². The molecule has 0 aliphatic carbocycles. The molecule has 0 saturated heterocycles. The van der Waals surface area contributed by atoms with Gasteiger partial charge in [0, 0.05) is 13.1 Å². The molecule has 0 fully saturated rings. The lowest BCUT2D eigenvalue weighted by Gasteiger charge is -2.19. The molecule has 0 radical (unpaired) electrons. The number of hydrogen-bond acceptors (Lipinski definition) is 2. The first kappa shape index (κ1) is 11.4. The predicted octanol–water partition coefficient (Wildman–Crippen LogP) is 1.55. The highest BCUT2D eigenvalue weighted by atomic mass is 16.1. The molecule has 72 valence electrons. The van der Waals surface area contributed by atoms with E-state index >= 15 is 0 Å². The largest absolute Gasteiger partial charge is 0.292 e. The zero-order chi connectivity index (χ0) is 9.23. The van der Waals surface area contributed by atoms with Gasteiger partial charge in [-0.1, -0.05) is 26.7 Å². The molecule has 1 N–H and O–H groups in total. The van der Waals surface area contributed by atoms with Gasteiger partial charge in [0.05, 0.1) is 0 Å². The summed E-state index contributed by atoms with van der Waals surface area (Å²) < 4.78 is 0. The van der Waals surface area contributed by atoms with Crippen LogP contribution in [-0.4, -0.2) is 24.5 Å². The fourth-order valence-electron chi connectivity index (χ4n) is 1.14. The molecule has 0 heterocycles. The van der Waals surface area contributed by atoms with Crippen LogP contribution in [0.5, 0.6) is 0 Å². The van der Waals surface area contributed by atoms with Crippen LogP contribution >= 0.6 is 0 Å². The Labute approximate surface area is 75.1 Å². The molecule has 3 heteroatoms. The topological polar surface area (TPSA) is 32.3 Å². The second-order valence-corrected chi connectivity index (χ2v) is 2.94. The van der Waals surface area contributed by atoms with Crippen molar-refractivity contribution in [1.29, 1.82) is 0 Å². The van der Waals surface area contributed by atoms with E-state index in [1.165, 1.54) is 12.8 Å². The average Bonchev–Trinajstić information content (AvgIpc) is 2.06. The van der Waals surface area contributed by atoms with Gasteiger partial charge < -0.3 is 0 Å². The van der Waals surface area contributed by atoms with Gasteiger partial charge >= 0.3 is 0 Å². The van der Waals surface area contributed by atoms with Gasteiger partial charge in [-0.25, -0.2) is 5.01 Å². The Kier molecular flexibility index (Phi) is 8.12. The summed E-state index contributed by atoms with van der Waals surface area (Å²) >= 11 is 0. The summed E-state index contributed by atoms with van der Waals surface area (Å²) in [5, 5.41) is 1.97. The molecular formula is C9H20N2O. The van der Waals surface area contributed by atoms with Crippen LogP contribution in [0.2, 0.25) is 0 Å². The van der Waals surface area contributed by atoms with Crippen LogP contribution in [0.1, 0.15) is 39.5 Å². The van der Waals surface area contributed by atoms with Crippen molar-refractivity contribution in [2.75, 3.05) is 13.1 Å². The average molecular weight is 172 g/mol. The minimum Gasteiger partial charge on any atom is -0.292 e. The van der Waals surface area contributed by atoms with E-state index in [4.69, 9.17) is 0 Å². The van der Waals surface area contributed by atoms with Gasteiger partial charge in [-0.05, 0) is 12.8 Å². The molecule has 3 nitrogen and oxygen atoms in total. The van der Waals surface area contributed by atoms with E-state index in [-0.39, 0.29) is 0 Å². The number of carbonyl (C=O) groups is 1. The van der Waals surface area contributed by atoms with Gasteiger partial charge in [-0.2, -0.15) is 0 Å². The molecule has 0 aromatic rings. The number of unbranched alkanes of at least 4 members (excludes halogenated alkanes) is 2. The maximum absolute atomic E-state index is 10.2. The summed E-state index contributed by atoms with van der Waals surface area (Å²) in [5.74, 6) is 0. The number of rotatable bonds is 8. The highest BCUT2D eigenvalue weighted by molar-refractivity contribution is 5.44. The number of amides is 1. The first-order chi connectivity index (χ1) is 5.85. The number of carbonyl (C=O) groups excluding carboxylic acids is 1. The van der Waals surface area contributed by atoms with Crippen molar-refractivity contribution in [3.05, 3.63) is 0 Å². The Hall–Kier alpha value is -0.570. The minimum atomic E-state index is 0.752. The molecule has 12 heavy (non-hydrogen) atoms. The van der Waals surface area contributed by atoms with Crippen LogP contribution in [0.25, 0.3) is 0 Å². The molecule has 0 aromatic carbocycles. The second kappa shape index (κ2) is 8.53. The Morgan fingerprint density at radius 3 is 2.42 bits per heavy atom. The first-order valence-corrected chi connectivity index (χ1v) is 4.79. The van der Waals surface area contributed by atoms with Crippen molar-refractivity contribution < 1.29 is 4.79 Å². The van der Waals surface area contributed by atoms with Gasteiger partial charge in [-0.15, -0.1) is 0 Å². The van der Waals surface area contributed by atoms with E-state index in [9.17, 15) is 4.79 Å². The summed E-state index contributed by atoms with van der Waals surface area (Å²) in [6.45, 7) is 6.21. The zero-order valence-electron chi connectivity index (χ0n) is 8.18. The van der Waals surface area contributed by atoms with E-state index in [0.29, 0.717) is 0 Å². The van der Waals surface area contributed by atoms with E-state index in [2.05, 4.69) is 19.3 Å². The highest BCUT2D eigenvalue weighted by Gasteiger charge is 1.99. The monoisotopic (exact) mass is 172 g/mol. The lowest BCUT2D eigenvalue weighted by Crippen LogP contribution is -2.38. The number of nitrogens with zero attached hydrogens (tertiary/aromatic N) is 1. The van der Waals surface area contributed by atoms with Gasteiger partial charge in [0.15, 0.2) is 0 Å². The maximum Gasteiger partial charge on any atom is 0.221 e. The van der Waals surface area contributed by atoms with Gasteiger partial charge in [-0.3, -0.25) is 10.2 Å². The SMILES string of the molecule is CCCCCN(CCC)NC=O. The van der Waals surface area contributed by atoms with Crippen molar-refractivity contribution in [3.8, 4) is 0 Å². The van der Waals surface area contributed by atoms with E-state index < -0.39 is 0 Å². The van der Waals surface area contributed by atoms with E-state index in [1.54, 1.807) is 0 Å². The van der Waals surface area contributed by atoms with Crippen molar-refractivity contribution >= 4 is 6.41 Å². The highest BCUT2D eigenvalue weighted by Crippen LogP contribution is 1.96. The lowest BCUT2D eigenvalue weighted by atomic mass is 10.2. The van der Waals surface area contributed by atoms with Gasteiger partial charge in [0.25, 0.3) is 0 Å². The molecule has 0 aliphatic rings. The van der Waals surface area contributed by atoms with Crippen molar-refractivity contribution in [2.24, 2.45) is 0 Å². The Balaban J connectivity index is 3.40. The van der Waals surface area contributed by atoms with Crippen LogP contribution in [0, 0.1) is 0 Å². The molecule has 0 rings (SSSR count). The third kappa shape index (κ3) is 6.16. The van der Waals surface area contributed by atoms with E-state index in [1.807, 2.05) is 5.01 Å². The molecule has 0 unspecified atom stereocenters. The summed E-state index contributed by atoms with van der Waals surface area (Å²) in [4.78, 5) is 10.2. The second-order valence-electron chi connectivity index (χ2n) is 2.94. The van der Waals surface area contributed by atoms with Crippen molar-refractivity contribution in [2.45, 2.75) is 39.5 Å². The normalized spacial score (nSPS) is 10.2.